The fraction of sp³-hybridized carbons (Fsp3) is 0.533. The molecule has 1 rings (SSSR count). The van der Waals surface area contributed by atoms with Crippen molar-refractivity contribution in [3.05, 3.63) is 29.8 Å². The molecule has 0 radical (unpaired) electrons. The van der Waals surface area contributed by atoms with E-state index >= 15 is 0 Å². The highest BCUT2D eigenvalue weighted by atomic mass is 127. The van der Waals surface area contributed by atoms with Gasteiger partial charge in [-0.15, -0.1) is 24.0 Å². The van der Waals surface area contributed by atoms with Crippen LogP contribution in [0.3, 0.4) is 0 Å². The summed E-state index contributed by atoms with van der Waals surface area (Å²) in [6, 6.07) is 8.01. The van der Waals surface area contributed by atoms with Gasteiger partial charge in [-0.2, -0.15) is 0 Å². The molecule has 20 heavy (non-hydrogen) atoms. The predicted octanol–water partition coefficient (Wildman–Crippen LogP) is 3.14. The van der Waals surface area contributed by atoms with Crippen molar-refractivity contribution in [1.82, 2.24) is 0 Å². The Bertz CT molecular complexity index is 404. The Labute approximate surface area is 138 Å². The van der Waals surface area contributed by atoms with Gasteiger partial charge in [0, 0.05) is 18.8 Å². The Hall–Kier alpha value is -0.820. The minimum atomic E-state index is 0. The van der Waals surface area contributed by atoms with Crippen molar-refractivity contribution in [2.75, 3.05) is 18.5 Å². The minimum Gasteiger partial charge on any atom is -0.396 e. The zero-order chi connectivity index (χ0) is 14.1. The maximum absolute atomic E-state index is 9.00. The van der Waals surface area contributed by atoms with Crippen LogP contribution in [0.25, 0.3) is 0 Å². The van der Waals surface area contributed by atoms with E-state index in [-0.39, 0.29) is 30.6 Å². The molecule has 0 amide bonds. The molecule has 5 heteroatoms. The van der Waals surface area contributed by atoms with Gasteiger partial charge in [0.05, 0.1) is 0 Å². The van der Waals surface area contributed by atoms with Gasteiger partial charge in [0.25, 0.3) is 0 Å². The van der Waals surface area contributed by atoms with Gasteiger partial charge in [-0.3, -0.25) is 4.99 Å². The zero-order valence-electron chi connectivity index (χ0n) is 12.3. The van der Waals surface area contributed by atoms with Crippen LogP contribution in [0.4, 0.5) is 5.69 Å². The second kappa shape index (κ2) is 10.9. The monoisotopic (exact) mass is 391 g/mol. The van der Waals surface area contributed by atoms with E-state index in [1.165, 1.54) is 5.56 Å². The smallest absolute Gasteiger partial charge is 0.193 e. The maximum Gasteiger partial charge on any atom is 0.193 e. The van der Waals surface area contributed by atoms with E-state index in [9.17, 15) is 0 Å². The first-order valence-electron chi connectivity index (χ1n) is 6.90. The molecule has 4 nitrogen and oxygen atoms in total. The lowest BCUT2D eigenvalue weighted by molar-refractivity contribution is 0.253. The molecule has 0 aliphatic carbocycles. The molecule has 0 bridgehead atoms. The highest BCUT2D eigenvalue weighted by Gasteiger charge is 2.06. The van der Waals surface area contributed by atoms with E-state index in [4.69, 9.17) is 10.8 Å². The number of benzene rings is 1. The van der Waals surface area contributed by atoms with Gasteiger partial charge >= 0.3 is 0 Å². The number of aliphatic hydroxyl groups excluding tert-OH is 1. The van der Waals surface area contributed by atoms with Gasteiger partial charge in [0.15, 0.2) is 5.96 Å². The number of hydrogen-bond donors (Lipinski definition) is 3. The molecule has 1 aromatic rings. The molecule has 0 heterocycles. The molecular weight excluding hydrogens is 365 g/mol. The third-order valence-corrected chi connectivity index (χ3v) is 3.04. The van der Waals surface area contributed by atoms with Gasteiger partial charge < -0.3 is 16.2 Å². The summed E-state index contributed by atoms with van der Waals surface area (Å²) in [6.07, 6.45) is 2.96. The maximum atomic E-state index is 9.00. The molecule has 1 atom stereocenters. The summed E-state index contributed by atoms with van der Waals surface area (Å²) in [4.78, 5) is 4.36. The Morgan fingerprint density at radius 2 is 2.15 bits per heavy atom. The fourth-order valence-corrected chi connectivity index (χ4v) is 2.06. The van der Waals surface area contributed by atoms with Crippen molar-refractivity contribution < 1.29 is 5.11 Å². The van der Waals surface area contributed by atoms with Gasteiger partial charge in [-0.05, 0) is 43.4 Å². The summed E-state index contributed by atoms with van der Waals surface area (Å²) < 4.78 is 0. The summed E-state index contributed by atoms with van der Waals surface area (Å²) in [5.41, 5.74) is 8.01. The molecule has 0 aliphatic heterocycles. The SMILES string of the molecule is CCCC(CCO)CN=C(N)Nc1cccc(C)c1.I. The summed E-state index contributed by atoms with van der Waals surface area (Å²) in [7, 11) is 0. The van der Waals surface area contributed by atoms with Crippen molar-refractivity contribution in [3.63, 3.8) is 0 Å². The molecule has 0 aromatic heterocycles. The van der Waals surface area contributed by atoms with Crippen molar-refractivity contribution in [1.29, 1.82) is 0 Å². The van der Waals surface area contributed by atoms with E-state index in [0.717, 1.165) is 24.9 Å². The molecule has 4 N–H and O–H groups in total. The van der Waals surface area contributed by atoms with Crippen molar-refractivity contribution in [3.8, 4) is 0 Å². The van der Waals surface area contributed by atoms with Crippen LogP contribution in [-0.2, 0) is 0 Å². The largest absolute Gasteiger partial charge is 0.396 e. The van der Waals surface area contributed by atoms with E-state index in [2.05, 4.69) is 17.2 Å². The molecule has 0 spiro atoms. The van der Waals surface area contributed by atoms with Crippen molar-refractivity contribution in [2.24, 2.45) is 16.6 Å². The number of aliphatic hydroxyl groups is 1. The van der Waals surface area contributed by atoms with Crippen LogP contribution in [-0.4, -0.2) is 24.2 Å². The lowest BCUT2D eigenvalue weighted by atomic mass is 10.0. The summed E-state index contributed by atoms with van der Waals surface area (Å²) in [6.45, 7) is 5.06. The van der Waals surface area contributed by atoms with Crippen LogP contribution < -0.4 is 11.1 Å². The Balaban J connectivity index is 0.00000361. The van der Waals surface area contributed by atoms with Gasteiger partial charge in [0.2, 0.25) is 0 Å². The molecule has 0 fully saturated rings. The minimum absolute atomic E-state index is 0. The number of guanidine groups is 1. The van der Waals surface area contributed by atoms with Crippen LogP contribution in [0, 0.1) is 12.8 Å². The number of hydrogen-bond acceptors (Lipinski definition) is 2. The molecule has 1 unspecified atom stereocenters. The standard InChI is InChI=1S/C15H25N3O.HI/c1-3-5-13(8-9-19)11-17-15(16)18-14-7-4-6-12(2)10-14;/h4,6-7,10,13,19H,3,5,8-9,11H2,1-2H3,(H3,16,17,18);1H. The Kier molecular flexibility index (Phi) is 10.5. The number of nitrogens with zero attached hydrogens (tertiary/aromatic N) is 1. The lowest BCUT2D eigenvalue weighted by Gasteiger charge is -2.13. The molecular formula is C15H26IN3O. The van der Waals surface area contributed by atoms with E-state index in [1.807, 2.05) is 31.2 Å². The van der Waals surface area contributed by atoms with Crippen LogP contribution in [0.5, 0.6) is 0 Å². The first-order valence-corrected chi connectivity index (χ1v) is 6.90. The summed E-state index contributed by atoms with van der Waals surface area (Å²) >= 11 is 0. The molecule has 0 saturated carbocycles. The molecule has 1 aromatic carbocycles. The third-order valence-electron chi connectivity index (χ3n) is 3.04. The third kappa shape index (κ3) is 7.69. The number of nitrogens with two attached hydrogens (primary N) is 1. The van der Waals surface area contributed by atoms with Crippen molar-refractivity contribution >= 4 is 35.6 Å². The quantitative estimate of drug-likeness (QED) is 0.380. The highest BCUT2D eigenvalue weighted by molar-refractivity contribution is 14.0. The average molecular weight is 391 g/mol. The molecule has 0 saturated heterocycles. The molecule has 0 aliphatic rings. The highest BCUT2D eigenvalue weighted by Crippen LogP contribution is 2.12. The predicted molar refractivity (Wildman–Crippen MR) is 96.8 cm³/mol. The van der Waals surface area contributed by atoms with Crippen LogP contribution >= 0.6 is 24.0 Å². The van der Waals surface area contributed by atoms with Gasteiger partial charge in [-0.25, -0.2) is 0 Å². The first-order chi connectivity index (χ1) is 9.15. The van der Waals surface area contributed by atoms with E-state index < -0.39 is 0 Å². The van der Waals surface area contributed by atoms with Crippen LogP contribution in [0.1, 0.15) is 31.7 Å². The second-order valence-electron chi connectivity index (χ2n) is 4.89. The van der Waals surface area contributed by atoms with Gasteiger partial charge in [-0.1, -0.05) is 25.5 Å². The average Bonchev–Trinajstić information content (AvgIpc) is 2.36. The molecule has 114 valence electrons. The second-order valence-corrected chi connectivity index (χ2v) is 4.89. The van der Waals surface area contributed by atoms with E-state index in [0.29, 0.717) is 18.4 Å². The lowest BCUT2D eigenvalue weighted by Crippen LogP contribution is -2.24. The number of aliphatic imine (C=N–C) groups is 1. The topological polar surface area (TPSA) is 70.6 Å². The van der Waals surface area contributed by atoms with Crippen LogP contribution in [0.15, 0.2) is 29.3 Å². The zero-order valence-corrected chi connectivity index (χ0v) is 14.6. The number of nitrogens with one attached hydrogen (secondary N) is 1. The van der Waals surface area contributed by atoms with Crippen molar-refractivity contribution in [2.45, 2.75) is 33.1 Å². The Morgan fingerprint density at radius 1 is 1.40 bits per heavy atom. The first kappa shape index (κ1) is 19.2. The number of anilines is 1. The summed E-state index contributed by atoms with van der Waals surface area (Å²) in [5, 5.41) is 12.1. The number of rotatable bonds is 7. The number of halogens is 1. The number of aryl methyl sites for hydroxylation is 1. The van der Waals surface area contributed by atoms with Crippen LogP contribution in [0.2, 0.25) is 0 Å². The van der Waals surface area contributed by atoms with Gasteiger partial charge in [0.1, 0.15) is 0 Å². The van der Waals surface area contributed by atoms with E-state index in [1.54, 1.807) is 0 Å². The fourth-order valence-electron chi connectivity index (χ4n) is 2.06. The normalized spacial score (nSPS) is 12.7. The Morgan fingerprint density at radius 3 is 2.75 bits per heavy atom. The summed E-state index contributed by atoms with van der Waals surface area (Å²) in [5.74, 6) is 0.845.